The SMILES string of the molecule is CCCC1=C2[C@@H](CC/C(=C/c3ccc(O)cc3)c3ccccn3)OB(O)C[C@@H]2[C@@H]2C(=O)N(c3cccc(B(O)O)c3)C(=O)[C@@H]2C1. The first-order valence-corrected chi connectivity index (χ1v) is 15.6. The lowest BCUT2D eigenvalue weighted by Gasteiger charge is -2.43. The number of hydrogen-bond donors (Lipinski definition) is 4. The maximum absolute atomic E-state index is 14.0. The van der Waals surface area contributed by atoms with E-state index in [4.69, 9.17) is 4.65 Å². The Morgan fingerprint density at radius 2 is 1.87 bits per heavy atom. The van der Waals surface area contributed by atoms with Crippen LogP contribution in [0, 0.1) is 17.8 Å². The third-order valence-corrected chi connectivity index (χ3v) is 9.19. The molecule has 4 atom stereocenters. The van der Waals surface area contributed by atoms with Crippen LogP contribution in [0.1, 0.15) is 50.3 Å². The number of fused-ring (bicyclic) bond motifs is 3. The van der Waals surface area contributed by atoms with Gasteiger partial charge in [0.05, 0.1) is 29.3 Å². The van der Waals surface area contributed by atoms with Crippen LogP contribution in [-0.4, -0.2) is 57.3 Å². The Bertz CT molecular complexity index is 1630. The lowest BCUT2D eigenvalue weighted by atomic mass is 9.58. The van der Waals surface area contributed by atoms with E-state index >= 15 is 0 Å². The summed E-state index contributed by atoms with van der Waals surface area (Å²) < 4.78 is 6.20. The fraction of sp³-hybridized carbons (Fsp3) is 0.324. The summed E-state index contributed by atoms with van der Waals surface area (Å²) in [5, 5.41) is 40.1. The molecular weight excluding hydrogens is 570 g/mol. The lowest BCUT2D eigenvalue weighted by Crippen LogP contribution is -2.46. The molecule has 1 aromatic heterocycles. The van der Waals surface area contributed by atoms with Gasteiger partial charge < -0.3 is 24.8 Å². The highest BCUT2D eigenvalue weighted by atomic mass is 16.5. The van der Waals surface area contributed by atoms with Crippen LogP contribution in [0.25, 0.3) is 11.6 Å². The Morgan fingerprint density at radius 1 is 1.07 bits per heavy atom. The second kappa shape index (κ2) is 13.1. The molecule has 3 aromatic rings. The van der Waals surface area contributed by atoms with Crippen molar-refractivity contribution in [2.45, 2.75) is 51.5 Å². The Kier molecular flexibility index (Phi) is 9.05. The Morgan fingerprint density at radius 3 is 2.58 bits per heavy atom. The zero-order valence-corrected chi connectivity index (χ0v) is 25.1. The summed E-state index contributed by atoms with van der Waals surface area (Å²) in [5.74, 6) is -1.99. The molecule has 4 N–H and O–H groups in total. The molecule has 2 amide bonds. The molecule has 11 heteroatoms. The van der Waals surface area contributed by atoms with E-state index in [-0.39, 0.29) is 35.3 Å². The number of benzene rings is 2. The molecule has 6 rings (SSSR count). The van der Waals surface area contributed by atoms with Gasteiger partial charge in [-0.15, -0.1) is 0 Å². The van der Waals surface area contributed by atoms with Crippen LogP contribution in [0.4, 0.5) is 5.69 Å². The lowest BCUT2D eigenvalue weighted by molar-refractivity contribution is -0.122. The number of pyridine rings is 1. The Hall–Kier alpha value is -4.02. The van der Waals surface area contributed by atoms with E-state index in [1.54, 1.807) is 30.5 Å². The number of allylic oxidation sites excluding steroid dienone is 2. The Labute approximate surface area is 263 Å². The van der Waals surface area contributed by atoms with Gasteiger partial charge in [0.25, 0.3) is 0 Å². The molecule has 2 saturated heterocycles. The number of hydrogen-bond acceptors (Lipinski definition) is 8. The molecule has 3 aliphatic rings. The summed E-state index contributed by atoms with van der Waals surface area (Å²) in [6.07, 6.45) is 6.73. The standard InChI is InChI=1S/C34H36B2N2O7/c1-2-6-23-18-27-32(34(41)38(33(27)40)25-8-5-7-24(19-25)36(43)44)28-20-35(42)45-30(31(23)28)15-12-22(29-9-3-4-16-37-29)17-21-10-13-26(39)14-11-21/h3-5,7-11,13-14,16-17,19,27-28,30,32,39,42-44H,2,6,12,15,18,20H2,1H3/b22-17-/t27-,28+,30-,32-/m1/s1. The highest BCUT2D eigenvalue weighted by Gasteiger charge is 2.57. The quantitative estimate of drug-likeness (QED) is 0.165. The van der Waals surface area contributed by atoms with Crippen LogP contribution in [0.3, 0.4) is 0 Å². The van der Waals surface area contributed by atoms with Crippen LogP contribution in [0.15, 0.2) is 84.1 Å². The summed E-state index contributed by atoms with van der Waals surface area (Å²) in [4.78, 5) is 33.6. The zero-order chi connectivity index (χ0) is 31.7. The number of imide groups is 1. The maximum Gasteiger partial charge on any atom is 0.488 e. The molecule has 1 aliphatic carbocycles. The first kappa shape index (κ1) is 31.0. The smallest absolute Gasteiger partial charge is 0.488 e. The summed E-state index contributed by atoms with van der Waals surface area (Å²) in [7, 11) is -2.82. The van der Waals surface area contributed by atoms with E-state index in [1.807, 2.05) is 36.4 Å². The predicted molar refractivity (Wildman–Crippen MR) is 173 cm³/mol. The Balaban J connectivity index is 1.32. The molecule has 0 bridgehead atoms. The summed E-state index contributed by atoms with van der Waals surface area (Å²) in [5.41, 5.74) is 5.34. The molecule has 2 fully saturated rings. The number of nitrogens with zero attached hydrogens (tertiary/aromatic N) is 2. The van der Waals surface area contributed by atoms with E-state index in [2.05, 4.69) is 11.9 Å². The molecule has 45 heavy (non-hydrogen) atoms. The number of phenolic OH excluding ortho intramolecular Hbond substituents is 1. The monoisotopic (exact) mass is 606 g/mol. The molecule has 0 saturated carbocycles. The number of amides is 2. The topological polar surface area (TPSA) is 140 Å². The van der Waals surface area contributed by atoms with Gasteiger partial charge in [-0.25, -0.2) is 0 Å². The fourth-order valence-electron chi connectivity index (χ4n) is 7.27. The van der Waals surface area contributed by atoms with E-state index in [1.165, 1.54) is 17.0 Å². The molecule has 230 valence electrons. The van der Waals surface area contributed by atoms with Gasteiger partial charge in [0.1, 0.15) is 5.75 Å². The van der Waals surface area contributed by atoms with Crippen molar-refractivity contribution in [2.24, 2.45) is 17.8 Å². The molecular formula is C34H36B2N2O7. The van der Waals surface area contributed by atoms with Crippen LogP contribution < -0.4 is 10.4 Å². The molecule has 2 aliphatic heterocycles. The number of aromatic hydroxyl groups is 1. The van der Waals surface area contributed by atoms with Crippen molar-refractivity contribution in [1.82, 2.24) is 4.98 Å². The normalized spacial score (nSPS) is 23.3. The van der Waals surface area contributed by atoms with Crippen LogP contribution >= 0.6 is 0 Å². The average Bonchev–Trinajstić information content (AvgIpc) is 3.29. The van der Waals surface area contributed by atoms with Crippen molar-refractivity contribution < 1.29 is 34.4 Å². The number of rotatable bonds is 9. The first-order chi connectivity index (χ1) is 21.7. The van der Waals surface area contributed by atoms with Crippen LogP contribution in [-0.2, 0) is 14.2 Å². The average molecular weight is 606 g/mol. The van der Waals surface area contributed by atoms with E-state index in [9.17, 15) is 29.8 Å². The fourth-order valence-corrected chi connectivity index (χ4v) is 7.27. The van der Waals surface area contributed by atoms with E-state index in [0.717, 1.165) is 40.8 Å². The largest absolute Gasteiger partial charge is 0.508 e. The third kappa shape index (κ3) is 6.26. The van der Waals surface area contributed by atoms with Crippen molar-refractivity contribution in [1.29, 1.82) is 0 Å². The predicted octanol–water partition coefficient (Wildman–Crippen LogP) is 3.59. The number of anilines is 1. The highest BCUT2D eigenvalue weighted by molar-refractivity contribution is 6.58. The van der Waals surface area contributed by atoms with Gasteiger partial charge in [-0.1, -0.05) is 49.2 Å². The number of carbonyl (C=O) groups excluding carboxylic acids is 2. The molecule has 3 heterocycles. The molecule has 2 aromatic carbocycles. The van der Waals surface area contributed by atoms with Gasteiger partial charge in [-0.05, 0) is 103 Å². The molecule has 9 nitrogen and oxygen atoms in total. The number of carbonyl (C=O) groups is 2. The van der Waals surface area contributed by atoms with Crippen molar-refractivity contribution in [2.75, 3.05) is 4.90 Å². The summed E-state index contributed by atoms with van der Waals surface area (Å²) in [6, 6.07) is 18.9. The minimum Gasteiger partial charge on any atom is -0.508 e. The third-order valence-electron chi connectivity index (χ3n) is 9.19. The van der Waals surface area contributed by atoms with Crippen molar-refractivity contribution >= 4 is 48.9 Å². The van der Waals surface area contributed by atoms with Gasteiger partial charge in [0.2, 0.25) is 11.8 Å². The molecule has 0 unspecified atom stereocenters. The summed E-state index contributed by atoms with van der Waals surface area (Å²) in [6.45, 7) is 2.08. The van der Waals surface area contributed by atoms with Crippen molar-refractivity contribution in [3.05, 3.63) is 95.3 Å². The van der Waals surface area contributed by atoms with Gasteiger partial charge in [0.15, 0.2) is 0 Å². The van der Waals surface area contributed by atoms with Crippen molar-refractivity contribution in [3.8, 4) is 5.75 Å². The van der Waals surface area contributed by atoms with Gasteiger partial charge in [-0.2, -0.15) is 0 Å². The second-order valence-corrected chi connectivity index (χ2v) is 12.1. The maximum atomic E-state index is 14.0. The molecule has 0 spiro atoms. The van der Waals surface area contributed by atoms with Crippen LogP contribution in [0.5, 0.6) is 5.75 Å². The highest BCUT2D eigenvalue weighted by Crippen LogP contribution is 2.52. The zero-order valence-electron chi connectivity index (χ0n) is 25.1. The summed E-state index contributed by atoms with van der Waals surface area (Å²) >= 11 is 0. The minimum absolute atomic E-state index is 0.186. The minimum atomic E-state index is -1.73. The first-order valence-electron chi connectivity index (χ1n) is 15.6. The van der Waals surface area contributed by atoms with Crippen LogP contribution in [0.2, 0.25) is 6.32 Å². The van der Waals surface area contributed by atoms with Gasteiger partial charge in [0, 0.05) is 6.20 Å². The second-order valence-electron chi connectivity index (χ2n) is 12.1. The van der Waals surface area contributed by atoms with E-state index < -0.39 is 32.2 Å². The van der Waals surface area contributed by atoms with Gasteiger partial charge >= 0.3 is 14.2 Å². The van der Waals surface area contributed by atoms with E-state index in [0.29, 0.717) is 24.9 Å². The molecule has 0 radical (unpaired) electrons. The van der Waals surface area contributed by atoms with Gasteiger partial charge in [-0.3, -0.25) is 19.5 Å². The number of aromatic nitrogens is 1. The van der Waals surface area contributed by atoms with Crippen molar-refractivity contribution in [3.63, 3.8) is 0 Å². The number of phenols is 1.